The van der Waals surface area contributed by atoms with E-state index >= 15 is 0 Å². The van der Waals surface area contributed by atoms with Crippen LogP contribution in [0.2, 0.25) is 5.02 Å². The zero-order valence-corrected chi connectivity index (χ0v) is 18.7. The van der Waals surface area contributed by atoms with Crippen molar-refractivity contribution in [1.82, 2.24) is 4.90 Å². The van der Waals surface area contributed by atoms with E-state index < -0.39 is 75.0 Å². The Labute approximate surface area is 193 Å². The van der Waals surface area contributed by atoms with Gasteiger partial charge in [-0.15, -0.1) is 0 Å². The van der Waals surface area contributed by atoms with E-state index in [1.54, 1.807) is 0 Å². The van der Waals surface area contributed by atoms with Gasteiger partial charge < -0.3 is 31.3 Å². The van der Waals surface area contributed by atoms with Gasteiger partial charge in [0.15, 0.2) is 11.4 Å². The second kappa shape index (κ2) is 7.04. The number of ketones is 2. The molecule has 10 nitrogen and oxygen atoms in total. The molecule has 1 amide bonds. The Bertz CT molecular complexity index is 1200. The summed E-state index contributed by atoms with van der Waals surface area (Å²) in [4.78, 5) is 40.1. The number of hydrogen-bond acceptors (Lipinski definition) is 9. The monoisotopic (exact) mass is 478 g/mol. The number of likely N-dealkylation sites (N-methyl/N-ethyl adjacent to an activating group) is 1. The lowest BCUT2D eigenvalue weighted by Gasteiger charge is -2.53. The first-order valence-electron chi connectivity index (χ1n) is 10.1. The molecule has 4 rings (SSSR count). The minimum atomic E-state index is -2.78. The van der Waals surface area contributed by atoms with Crippen LogP contribution in [-0.2, 0) is 20.0 Å². The number of nitrogens with zero attached hydrogens (tertiary/aromatic N) is 1. The molecule has 0 bridgehead atoms. The summed E-state index contributed by atoms with van der Waals surface area (Å²) in [6, 6.07) is 1.24. The van der Waals surface area contributed by atoms with Crippen LogP contribution in [0.15, 0.2) is 29.0 Å². The first-order chi connectivity index (χ1) is 15.2. The molecule has 1 aromatic carbocycles. The minimum Gasteiger partial charge on any atom is -0.508 e. The van der Waals surface area contributed by atoms with E-state index in [2.05, 4.69) is 0 Å². The van der Waals surface area contributed by atoms with Crippen LogP contribution in [0.5, 0.6) is 5.75 Å². The molecular weight excluding hydrogens is 456 g/mol. The van der Waals surface area contributed by atoms with Gasteiger partial charge in [-0.2, -0.15) is 0 Å². The van der Waals surface area contributed by atoms with Gasteiger partial charge in [0.05, 0.1) is 17.2 Å². The molecule has 0 aromatic heterocycles. The van der Waals surface area contributed by atoms with Gasteiger partial charge in [-0.25, -0.2) is 0 Å². The van der Waals surface area contributed by atoms with Crippen molar-refractivity contribution in [2.75, 3.05) is 14.1 Å². The molecule has 1 fully saturated rings. The number of halogens is 1. The van der Waals surface area contributed by atoms with E-state index in [1.807, 2.05) is 0 Å². The van der Waals surface area contributed by atoms with Crippen LogP contribution < -0.4 is 5.73 Å². The van der Waals surface area contributed by atoms with Crippen molar-refractivity contribution in [3.8, 4) is 5.75 Å². The highest BCUT2D eigenvalue weighted by Crippen LogP contribution is 2.58. The van der Waals surface area contributed by atoms with E-state index in [4.69, 9.17) is 17.3 Å². The highest BCUT2D eigenvalue weighted by molar-refractivity contribution is 6.32. The Morgan fingerprint density at radius 3 is 2.33 bits per heavy atom. The SMILES string of the molecule is CN(C)[C@H]1C(=O)C(C(N)=O)=C(O)[C@@]2(O)C(=O)C3=C(O)c4c(O)ccc(Cl)c4[C@](C)(O)[C@H]3C[C@@H]12. The molecule has 3 aliphatic rings. The summed E-state index contributed by atoms with van der Waals surface area (Å²) in [5.41, 5.74) is -1.10. The van der Waals surface area contributed by atoms with Crippen LogP contribution in [0, 0.1) is 11.8 Å². The predicted octanol–water partition coefficient (Wildman–Crippen LogP) is 0.282. The Hall–Kier alpha value is -2.92. The fourth-order valence-corrected chi connectivity index (χ4v) is 5.93. The molecule has 0 aliphatic heterocycles. The van der Waals surface area contributed by atoms with Gasteiger partial charge in [-0.1, -0.05) is 11.6 Å². The molecule has 5 atom stereocenters. The van der Waals surface area contributed by atoms with Crippen LogP contribution in [0.3, 0.4) is 0 Å². The fourth-order valence-electron chi connectivity index (χ4n) is 5.58. The standard InChI is InChI=1S/C22H23ClN2O8/c1-21(32)7-6-8-15(25(2)3)17(28)13(20(24)31)19(30)22(8,33)18(29)11(7)16(27)12-10(26)5-4-9(23)14(12)21/h4-5,7-8,15,26-27,30,32-33H,6H2,1-3H3,(H2,24,31)/t7-,8-,15+,21+,22-/m0/s1. The molecule has 176 valence electrons. The van der Waals surface area contributed by atoms with Crippen molar-refractivity contribution in [2.24, 2.45) is 17.6 Å². The maximum atomic E-state index is 13.7. The number of aromatic hydroxyl groups is 1. The van der Waals surface area contributed by atoms with Crippen LogP contribution >= 0.6 is 11.6 Å². The van der Waals surface area contributed by atoms with Gasteiger partial charge >= 0.3 is 0 Å². The summed E-state index contributed by atoms with van der Waals surface area (Å²) in [5, 5.41) is 55.2. The molecule has 0 saturated heterocycles. The van der Waals surface area contributed by atoms with Crippen molar-refractivity contribution in [1.29, 1.82) is 0 Å². The normalized spacial score (nSPS) is 33.7. The van der Waals surface area contributed by atoms with Gasteiger partial charge in [-0.3, -0.25) is 19.3 Å². The van der Waals surface area contributed by atoms with Crippen LogP contribution in [0.4, 0.5) is 0 Å². The number of rotatable bonds is 2. The van der Waals surface area contributed by atoms with Gasteiger partial charge in [0.25, 0.3) is 5.91 Å². The quantitative estimate of drug-likeness (QED) is 0.325. The Balaban J connectivity index is 2.07. The number of hydrogen-bond donors (Lipinski definition) is 6. The number of nitrogens with two attached hydrogens (primary N) is 1. The Morgan fingerprint density at radius 1 is 1.18 bits per heavy atom. The van der Waals surface area contributed by atoms with E-state index in [0.29, 0.717) is 0 Å². The molecule has 0 unspecified atom stereocenters. The third kappa shape index (κ3) is 2.75. The van der Waals surface area contributed by atoms with Crippen molar-refractivity contribution in [3.05, 3.63) is 45.2 Å². The largest absolute Gasteiger partial charge is 0.508 e. The van der Waals surface area contributed by atoms with Crippen molar-refractivity contribution >= 4 is 34.8 Å². The fraction of sp³-hybridized carbons (Fsp3) is 0.409. The number of phenols is 1. The molecule has 1 saturated carbocycles. The highest BCUT2D eigenvalue weighted by atomic mass is 35.5. The van der Waals surface area contributed by atoms with Crippen LogP contribution in [0.25, 0.3) is 5.76 Å². The lowest BCUT2D eigenvalue weighted by Crippen LogP contribution is -2.67. The highest BCUT2D eigenvalue weighted by Gasteiger charge is 2.66. The van der Waals surface area contributed by atoms with Gasteiger partial charge in [0.1, 0.15) is 22.8 Å². The number of Topliss-reactive ketones (excluding diaryl/α,β-unsaturated/α-hetero) is 2. The molecule has 3 aliphatic carbocycles. The second-order valence-corrected chi connectivity index (χ2v) is 9.48. The zero-order chi connectivity index (χ0) is 24.8. The van der Waals surface area contributed by atoms with Crippen LogP contribution in [0.1, 0.15) is 24.5 Å². The lowest BCUT2D eigenvalue weighted by atomic mass is 9.54. The topological polar surface area (TPSA) is 182 Å². The minimum absolute atomic E-state index is 0.0187. The number of carbonyl (C=O) groups excluding carboxylic acids is 3. The summed E-state index contributed by atoms with van der Waals surface area (Å²) in [7, 11) is 2.97. The van der Waals surface area contributed by atoms with E-state index in [0.717, 1.165) is 0 Å². The average Bonchev–Trinajstić information content (AvgIpc) is 2.69. The van der Waals surface area contributed by atoms with Crippen molar-refractivity contribution in [2.45, 2.75) is 30.6 Å². The number of fused-ring (bicyclic) bond motifs is 3. The first kappa shape index (κ1) is 23.2. The molecule has 33 heavy (non-hydrogen) atoms. The summed E-state index contributed by atoms with van der Waals surface area (Å²) in [6.07, 6.45) is -0.259. The molecule has 0 spiro atoms. The number of benzene rings is 1. The third-order valence-corrected chi connectivity index (χ3v) is 7.39. The van der Waals surface area contributed by atoms with Gasteiger partial charge in [-0.05, 0) is 39.6 Å². The smallest absolute Gasteiger partial charge is 0.255 e. The lowest BCUT2D eigenvalue weighted by molar-refractivity contribution is -0.159. The average molecular weight is 479 g/mol. The number of aliphatic hydroxyl groups is 4. The van der Waals surface area contributed by atoms with Crippen molar-refractivity contribution < 1.29 is 39.9 Å². The van der Waals surface area contributed by atoms with Crippen LogP contribution in [-0.4, -0.2) is 73.6 Å². The van der Waals surface area contributed by atoms with Crippen molar-refractivity contribution in [3.63, 3.8) is 0 Å². The number of aliphatic hydroxyl groups excluding tert-OH is 2. The van der Waals surface area contributed by atoms with E-state index in [1.165, 1.54) is 38.1 Å². The number of primary amides is 1. The number of phenolic OH excluding ortho intramolecular Hbond substituents is 1. The summed E-state index contributed by atoms with van der Waals surface area (Å²) in [6.45, 7) is 1.34. The van der Waals surface area contributed by atoms with E-state index in [9.17, 15) is 39.9 Å². The molecule has 11 heteroatoms. The third-order valence-electron chi connectivity index (χ3n) is 7.07. The Morgan fingerprint density at radius 2 is 1.79 bits per heavy atom. The molecule has 0 radical (unpaired) electrons. The summed E-state index contributed by atoms with van der Waals surface area (Å²) < 4.78 is 0. The van der Waals surface area contributed by atoms with Gasteiger partial charge in [0, 0.05) is 28.0 Å². The maximum absolute atomic E-state index is 13.7. The Kier molecular flexibility index (Phi) is 4.96. The second-order valence-electron chi connectivity index (χ2n) is 9.08. The maximum Gasteiger partial charge on any atom is 0.255 e. The van der Waals surface area contributed by atoms with E-state index in [-0.39, 0.29) is 22.6 Å². The van der Waals surface area contributed by atoms with Gasteiger partial charge in [0.2, 0.25) is 5.78 Å². The predicted molar refractivity (Wildman–Crippen MR) is 115 cm³/mol. The zero-order valence-electron chi connectivity index (χ0n) is 18.0. The first-order valence-corrected chi connectivity index (χ1v) is 10.5. The molecule has 1 aromatic rings. The molecule has 7 N–H and O–H groups in total. The summed E-state index contributed by atoms with van der Waals surface area (Å²) in [5.74, 6) is -8.30. The number of amides is 1. The molecular formula is C22H23ClN2O8. The summed E-state index contributed by atoms with van der Waals surface area (Å²) >= 11 is 6.28. The number of carbonyl (C=O) groups is 3. The molecule has 0 heterocycles.